The monoisotopic (exact) mass is 492 g/mol. The van der Waals surface area contributed by atoms with E-state index in [0.717, 1.165) is 11.1 Å². The van der Waals surface area contributed by atoms with Crippen molar-refractivity contribution in [1.82, 2.24) is 5.32 Å². The summed E-state index contributed by atoms with van der Waals surface area (Å²) in [6, 6.07) is 10.4. The van der Waals surface area contributed by atoms with Crippen LogP contribution in [-0.2, 0) is 16.1 Å². The van der Waals surface area contributed by atoms with E-state index < -0.39 is 12.0 Å². The van der Waals surface area contributed by atoms with E-state index >= 15 is 0 Å². The zero-order valence-corrected chi connectivity index (χ0v) is 19.8. The average molecular weight is 493 g/mol. The number of carbonyl (C=O) groups is 2. The molecule has 2 aromatic rings. The number of ether oxygens (including phenoxy) is 2. The van der Waals surface area contributed by atoms with Gasteiger partial charge in [-0.3, -0.25) is 9.59 Å². The normalized spacial score (nSPS) is 11.8. The molecular weight excluding hydrogens is 464 g/mol. The number of benzene rings is 2. The predicted molar refractivity (Wildman–Crippen MR) is 124 cm³/mol. The fourth-order valence-corrected chi connectivity index (χ4v) is 3.57. The topological polar surface area (TPSA) is 96.9 Å². The summed E-state index contributed by atoms with van der Waals surface area (Å²) < 4.78 is 11.7. The Labute approximate surface area is 191 Å². The third-order valence-electron chi connectivity index (χ3n) is 4.53. The van der Waals surface area contributed by atoms with Crippen LogP contribution in [-0.4, -0.2) is 36.7 Å². The molecule has 1 amide bonds. The minimum Gasteiger partial charge on any atom is -0.493 e. The second-order valence-corrected chi connectivity index (χ2v) is 8.57. The van der Waals surface area contributed by atoms with Gasteiger partial charge in [-0.2, -0.15) is 0 Å². The fourth-order valence-electron chi connectivity index (χ4n) is 2.97. The molecule has 0 aliphatic carbocycles. The minimum atomic E-state index is -0.876. The maximum absolute atomic E-state index is 12.2. The first-order valence-corrected chi connectivity index (χ1v) is 10.8. The Hall–Kier alpha value is -2.58. The number of methoxy groups -OCH3 is 1. The third kappa shape index (κ3) is 7.88. The molecule has 0 spiro atoms. The first kappa shape index (κ1) is 24.7. The molecule has 31 heavy (non-hydrogen) atoms. The van der Waals surface area contributed by atoms with Crippen molar-refractivity contribution in [3.05, 3.63) is 52.0 Å². The van der Waals surface area contributed by atoms with E-state index in [1.807, 2.05) is 51.1 Å². The van der Waals surface area contributed by atoms with Crippen LogP contribution in [0.15, 0.2) is 40.9 Å². The number of rotatable bonds is 11. The third-order valence-corrected chi connectivity index (χ3v) is 5.12. The van der Waals surface area contributed by atoms with E-state index in [9.17, 15) is 14.7 Å². The summed E-state index contributed by atoms with van der Waals surface area (Å²) in [5.41, 5.74) is 2.63. The van der Waals surface area contributed by atoms with Crippen LogP contribution in [0.4, 0.5) is 5.69 Å². The molecule has 0 bridgehead atoms. The van der Waals surface area contributed by atoms with Gasteiger partial charge in [-0.25, -0.2) is 0 Å². The summed E-state index contributed by atoms with van der Waals surface area (Å²) in [4.78, 5) is 23.7. The average Bonchev–Trinajstić information content (AvgIpc) is 2.71. The highest BCUT2D eigenvalue weighted by atomic mass is 79.9. The number of hydrogen-bond acceptors (Lipinski definition) is 5. The summed E-state index contributed by atoms with van der Waals surface area (Å²) >= 11 is 3.46. The highest BCUT2D eigenvalue weighted by Crippen LogP contribution is 2.36. The quantitative estimate of drug-likeness (QED) is 0.430. The molecule has 0 saturated heterocycles. The summed E-state index contributed by atoms with van der Waals surface area (Å²) in [5, 5.41) is 15.2. The molecule has 0 aliphatic heterocycles. The molecule has 0 aromatic heterocycles. The number of carbonyl (C=O) groups excluding carboxylic acids is 1. The number of carboxylic acid groups (broad SMARTS) is 1. The summed E-state index contributed by atoms with van der Waals surface area (Å²) in [5.74, 6) is -0.0511. The number of halogens is 1. The van der Waals surface area contributed by atoms with Gasteiger partial charge >= 0.3 is 5.97 Å². The lowest BCUT2D eigenvalue weighted by atomic mass is 10.0. The molecule has 1 atom stereocenters. The first-order chi connectivity index (χ1) is 14.7. The van der Waals surface area contributed by atoms with Crippen LogP contribution < -0.4 is 20.1 Å². The number of amides is 1. The lowest BCUT2D eigenvalue weighted by Gasteiger charge is -2.18. The van der Waals surface area contributed by atoms with Crippen LogP contribution in [0.5, 0.6) is 11.5 Å². The molecule has 0 saturated carbocycles. The van der Waals surface area contributed by atoms with Crippen LogP contribution in [0.2, 0.25) is 0 Å². The second kappa shape index (κ2) is 11.7. The van der Waals surface area contributed by atoms with Gasteiger partial charge in [0.25, 0.3) is 5.91 Å². The van der Waals surface area contributed by atoms with Crippen molar-refractivity contribution in [2.45, 2.75) is 39.8 Å². The largest absolute Gasteiger partial charge is 0.493 e. The van der Waals surface area contributed by atoms with Gasteiger partial charge in [0.05, 0.1) is 11.6 Å². The Kier molecular flexibility index (Phi) is 9.33. The predicted octanol–water partition coefficient (Wildman–Crippen LogP) is 4.37. The van der Waals surface area contributed by atoms with Crippen molar-refractivity contribution in [3.8, 4) is 11.5 Å². The minimum absolute atomic E-state index is 0.185. The molecule has 0 aliphatic rings. The van der Waals surface area contributed by atoms with Gasteiger partial charge in [0.1, 0.15) is 6.04 Å². The van der Waals surface area contributed by atoms with Crippen molar-refractivity contribution in [1.29, 1.82) is 0 Å². The molecule has 8 heteroatoms. The summed E-state index contributed by atoms with van der Waals surface area (Å²) in [6.07, 6.45) is 0.533. The molecule has 0 radical (unpaired) electrons. The maximum atomic E-state index is 12.2. The molecule has 168 valence electrons. The molecule has 2 aromatic carbocycles. The van der Waals surface area contributed by atoms with Gasteiger partial charge in [0.15, 0.2) is 18.1 Å². The molecule has 7 nitrogen and oxygen atoms in total. The van der Waals surface area contributed by atoms with E-state index in [-0.39, 0.29) is 18.4 Å². The number of aryl methyl sites for hydroxylation is 1. The maximum Gasteiger partial charge on any atom is 0.320 e. The first-order valence-electron chi connectivity index (χ1n) is 10.0. The number of anilines is 1. The number of carboxylic acids is 1. The van der Waals surface area contributed by atoms with Crippen LogP contribution in [0.25, 0.3) is 0 Å². The number of hydrogen-bond donors (Lipinski definition) is 3. The molecule has 0 fully saturated rings. The van der Waals surface area contributed by atoms with Crippen LogP contribution >= 0.6 is 15.9 Å². The fraction of sp³-hybridized carbons (Fsp3) is 0.391. The Bertz CT molecular complexity index is 900. The number of aliphatic carboxylic acids is 1. The van der Waals surface area contributed by atoms with Gasteiger partial charge < -0.3 is 25.2 Å². The SMILES string of the molecule is COc1cc(CNC(CC(C)C)C(=O)O)cc(Br)c1OCC(=O)Nc1ccc(C)cc1. The highest BCUT2D eigenvalue weighted by molar-refractivity contribution is 9.10. The van der Waals surface area contributed by atoms with Gasteiger partial charge in [-0.05, 0) is 65.0 Å². The summed E-state index contributed by atoms with van der Waals surface area (Å²) in [6.45, 7) is 6.11. The molecule has 3 N–H and O–H groups in total. The smallest absolute Gasteiger partial charge is 0.320 e. The lowest BCUT2D eigenvalue weighted by Crippen LogP contribution is -2.37. The van der Waals surface area contributed by atoms with Crippen LogP contribution in [0.3, 0.4) is 0 Å². The molecule has 2 rings (SSSR count). The van der Waals surface area contributed by atoms with Crippen molar-refractivity contribution in [2.75, 3.05) is 19.0 Å². The van der Waals surface area contributed by atoms with Crippen LogP contribution in [0, 0.1) is 12.8 Å². The Morgan fingerprint density at radius 1 is 1.16 bits per heavy atom. The van der Waals surface area contributed by atoms with Crippen molar-refractivity contribution < 1.29 is 24.2 Å². The standard InChI is InChI=1S/C23H29BrN2O5/c1-14(2)9-19(23(28)29)25-12-16-10-18(24)22(20(11-16)30-4)31-13-21(27)26-17-7-5-15(3)6-8-17/h5-8,10-11,14,19,25H,9,12-13H2,1-4H3,(H,26,27)(H,28,29). The van der Waals surface area contributed by atoms with E-state index in [1.165, 1.54) is 7.11 Å². The zero-order valence-electron chi connectivity index (χ0n) is 18.2. The zero-order chi connectivity index (χ0) is 23.0. The summed E-state index contributed by atoms with van der Waals surface area (Å²) in [7, 11) is 1.51. The Morgan fingerprint density at radius 3 is 2.42 bits per heavy atom. The van der Waals surface area contributed by atoms with Gasteiger partial charge in [-0.1, -0.05) is 31.5 Å². The van der Waals surface area contributed by atoms with E-state index in [4.69, 9.17) is 9.47 Å². The Morgan fingerprint density at radius 2 is 1.84 bits per heavy atom. The van der Waals surface area contributed by atoms with Gasteiger partial charge in [0, 0.05) is 12.2 Å². The van der Waals surface area contributed by atoms with E-state index in [2.05, 4.69) is 26.6 Å². The van der Waals surface area contributed by atoms with Crippen molar-refractivity contribution in [2.24, 2.45) is 5.92 Å². The second-order valence-electron chi connectivity index (χ2n) is 7.71. The van der Waals surface area contributed by atoms with Crippen LogP contribution in [0.1, 0.15) is 31.4 Å². The van der Waals surface area contributed by atoms with E-state index in [1.54, 1.807) is 6.07 Å². The molecular formula is C23H29BrN2O5. The van der Waals surface area contributed by atoms with Gasteiger partial charge in [0.2, 0.25) is 0 Å². The van der Waals surface area contributed by atoms with Crippen molar-refractivity contribution >= 4 is 33.5 Å². The number of nitrogens with one attached hydrogen (secondary N) is 2. The molecule has 0 heterocycles. The van der Waals surface area contributed by atoms with Gasteiger partial charge in [-0.15, -0.1) is 0 Å². The highest BCUT2D eigenvalue weighted by Gasteiger charge is 2.19. The molecule has 1 unspecified atom stereocenters. The van der Waals surface area contributed by atoms with Crippen molar-refractivity contribution in [3.63, 3.8) is 0 Å². The van der Waals surface area contributed by atoms with E-state index in [0.29, 0.717) is 34.6 Å². The Balaban J connectivity index is 2.02. The lowest BCUT2D eigenvalue weighted by molar-refractivity contribution is -0.140.